The molecule has 0 amide bonds. The fourth-order valence-electron chi connectivity index (χ4n) is 2.23. The molecule has 0 bridgehead atoms. The fourth-order valence-corrected chi connectivity index (χ4v) is 2.23. The van der Waals surface area contributed by atoms with Gasteiger partial charge in [-0.1, -0.05) is 18.2 Å². The molecule has 3 rings (SSSR count). The van der Waals surface area contributed by atoms with E-state index in [0.717, 1.165) is 0 Å². The van der Waals surface area contributed by atoms with E-state index in [2.05, 4.69) is 0 Å². The van der Waals surface area contributed by atoms with Gasteiger partial charge in [-0.15, -0.1) is 0 Å². The molecule has 0 saturated carbocycles. The molecule has 1 aromatic rings. The average molecular weight is 225 g/mol. The zero-order chi connectivity index (χ0) is 11.4. The minimum absolute atomic E-state index is 0.138. The Kier molecular flexibility index (Phi) is 1.84. The van der Waals surface area contributed by atoms with Gasteiger partial charge in [-0.2, -0.15) is 8.78 Å². The Balaban J connectivity index is 1.93. The lowest BCUT2D eigenvalue weighted by molar-refractivity contribution is 0.0135. The summed E-state index contributed by atoms with van der Waals surface area (Å²) in [4.78, 5) is 1.72. The minimum atomic E-state index is -2.73. The van der Waals surface area contributed by atoms with Crippen LogP contribution in [0.3, 0.4) is 0 Å². The van der Waals surface area contributed by atoms with E-state index in [-0.39, 0.29) is 17.7 Å². The van der Waals surface area contributed by atoms with Crippen molar-refractivity contribution in [2.24, 2.45) is 0 Å². The summed E-state index contributed by atoms with van der Waals surface area (Å²) in [6.45, 7) is 2.92. The lowest BCUT2D eigenvalue weighted by atomic mass is 10.1. The Morgan fingerprint density at radius 1 is 1.38 bits per heavy atom. The van der Waals surface area contributed by atoms with Gasteiger partial charge in [-0.05, 0) is 13.0 Å². The third-order valence-electron chi connectivity index (χ3n) is 3.19. The number of hydrogen-bond acceptors (Lipinski definition) is 2. The molecule has 0 aliphatic carbocycles. The Morgan fingerprint density at radius 2 is 2.06 bits per heavy atom. The molecule has 86 valence electrons. The van der Waals surface area contributed by atoms with Crippen LogP contribution < -0.4 is 4.90 Å². The van der Waals surface area contributed by atoms with Gasteiger partial charge in [-0.25, -0.2) is 0 Å². The fraction of sp³-hybridized carbons (Fsp3) is 0.500. The van der Waals surface area contributed by atoms with Gasteiger partial charge in [0, 0.05) is 17.8 Å². The van der Waals surface area contributed by atoms with E-state index >= 15 is 0 Å². The van der Waals surface area contributed by atoms with E-state index < -0.39 is 5.92 Å². The molecule has 2 aliphatic rings. The van der Waals surface area contributed by atoms with E-state index in [4.69, 9.17) is 4.74 Å². The largest absolute Gasteiger partial charge is 0.368 e. The van der Waals surface area contributed by atoms with Crippen LogP contribution in [0.15, 0.2) is 24.3 Å². The molecular formula is C12H13F2NO. The van der Waals surface area contributed by atoms with Gasteiger partial charge in [0.1, 0.15) is 5.60 Å². The third-order valence-corrected chi connectivity index (χ3v) is 3.19. The van der Waals surface area contributed by atoms with Crippen LogP contribution in [0.4, 0.5) is 14.5 Å². The highest BCUT2D eigenvalue weighted by Crippen LogP contribution is 2.44. The van der Waals surface area contributed by atoms with Crippen molar-refractivity contribution < 1.29 is 13.5 Å². The van der Waals surface area contributed by atoms with Gasteiger partial charge >= 0.3 is 0 Å². The van der Waals surface area contributed by atoms with E-state index in [0.29, 0.717) is 18.8 Å². The molecule has 1 unspecified atom stereocenters. The first-order valence-corrected chi connectivity index (χ1v) is 5.36. The number of halogens is 2. The molecule has 0 aromatic heterocycles. The van der Waals surface area contributed by atoms with Crippen molar-refractivity contribution in [1.82, 2.24) is 0 Å². The highest BCUT2D eigenvalue weighted by atomic mass is 19.3. The zero-order valence-electron chi connectivity index (χ0n) is 9.04. The Labute approximate surface area is 92.8 Å². The Morgan fingerprint density at radius 3 is 2.75 bits per heavy atom. The number of rotatable bonds is 2. The summed E-state index contributed by atoms with van der Waals surface area (Å²) >= 11 is 0. The molecule has 1 saturated heterocycles. The molecule has 0 spiro atoms. The van der Waals surface area contributed by atoms with Gasteiger partial charge in [0.2, 0.25) is 0 Å². The summed E-state index contributed by atoms with van der Waals surface area (Å²) in [7, 11) is 0. The molecule has 4 heteroatoms. The van der Waals surface area contributed by atoms with Gasteiger partial charge in [-0.3, -0.25) is 0 Å². The van der Waals surface area contributed by atoms with Crippen molar-refractivity contribution in [3.63, 3.8) is 0 Å². The van der Waals surface area contributed by atoms with Crippen molar-refractivity contribution in [1.29, 1.82) is 0 Å². The summed E-state index contributed by atoms with van der Waals surface area (Å²) in [6.07, 6.45) is 0. The highest BCUT2D eigenvalue weighted by molar-refractivity contribution is 5.61. The highest BCUT2D eigenvalue weighted by Gasteiger charge is 2.48. The summed E-state index contributed by atoms with van der Waals surface area (Å²) in [6, 6.07) is 6.71. The SMILES string of the molecule is CC1(CN2CC(F)(F)c3ccccc32)CO1. The van der Waals surface area contributed by atoms with Gasteiger partial charge in [0.25, 0.3) is 5.92 Å². The number of anilines is 1. The Hall–Kier alpha value is -1.16. The zero-order valence-corrected chi connectivity index (χ0v) is 9.04. The molecule has 2 nitrogen and oxygen atoms in total. The summed E-state index contributed by atoms with van der Waals surface area (Å²) in [5.74, 6) is -2.73. The van der Waals surface area contributed by atoms with Crippen LogP contribution in [0.1, 0.15) is 12.5 Å². The van der Waals surface area contributed by atoms with E-state index in [9.17, 15) is 8.78 Å². The van der Waals surface area contributed by atoms with Crippen LogP contribution >= 0.6 is 0 Å². The second kappa shape index (κ2) is 2.94. The van der Waals surface area contributed by atoms with Gasteiger partial charge < -0.3 is 9.64 Å². The van der Waals surface area contributed by atoms with Crippen LogP contribution in [-0.4, -0.2) is 25.3 Å². The smallest absolute Gasteiger partial charge is 0.292 e. The number of epoxide rings is 1. The van der Waals surface area contributed by atoms with Crippen molar-refractivity contribution >= 4 is 5.69 Å². The molecule has 2 aliphatic heterocycles. The predicted octanol–water partition coefficient (Wildman–Crippen LogP) is 2.39. The monoisotopic (exact) mass is 225 g/mol. The number of para-hydroxylation sites is 1. The van der Waals surface area contributed by atoms with Crippen molar-refractivity contribution in [3.8, 4) is 0 Å². The quantitative estimate of drug-likeness (QED) is 0.718. The third kappa shape index (κ3) is 1.48. The summed E-state index contributed by atoms with van der Waals surface area (Å²) in [5.41, 5.74) is 0.552. The van der Waals surface area contributed by atoms with Gasteiger partial charge in [0.15, 0.2) is 0 Å². The van der Waals surface area contributed by atoms with E-state index in [1.807, 2.05) is 6.92 Å². The minimum Gasteiger partial charge on any atom is -0.368 e. The maximum absolute atomic E-state index is 13.7. The number of fused-ring (bicyclic) bond motifs is 1. The van der Waals surface area contributed by atoms with Crippen LogP contribution in [0.2, 0.25) is 0 Å². The number of alkyl halides is 2. The lowest BCUT2D eigenvalue weighted by Gasteiger charge is -2.21. The number of benzene rings is 1. The predicted molar refractivity (Wildman–Crippen MR) is 56.9 cm³/mol. The second-order valence-electron chi connectivity index (χ2n) is 4.82. The Bertz CT molecular complexity index is 427. The van der Waals surface area contributed by atoms with E-state index in [1.54, 1.807) is 23.1 Å². The molecule has 1 fully saturated rings. The molecule has 2 heterocycles. The number of hydrogen-bond donors (Lipinski definition) is 0. The van der Waals surface area contributed by atoms with Gasteiger partial charge in [0.05, 0.1) is 13.2 Å². The van der Waals surface area contributed by atoms with Crippen molar-refractivity contribution in [2.75, 3.05) is 24.6 Å². The van der Waals surface area contributed by atoms with Crippen LogP contribution in [0.5, 0.6) is 0 Å². The maximum Gasteiger partial charge on any atom is 0.292 e. The van der Waals surface area contributed by atoms with E-state index in [1.165, 1.54) is 6.07 Å². The first-order chi connectivity index (χ1) is 7.50. The molecule has 0 N–H and O–H groups in total. The average Bonchev–Trinajstić information content (AvgIpc) is 2.89. The lowest BCUT2D eigenvalue weighted by Crippen LogP contribution is -2.34. The van der Waals surface area contributed by atoms with Crippen LogP contribution in [0, 0.1) is 0 Å². The molecular weight excluding hydrogens is 212 g/mol. The topological polar surface area (TPSA) is 15.8 Å². The van der Waals surface area contributed by atoms with Crippen LogP contribution in [-0.2, 0) is 10.7 Å². The normalized spacial score (nSPS) is 30.3. The maximum atomic E-state index is 13.7. The molecule has 0 radical (unpaired) electrons. The summed E-state index contributed by atoms with van der Waals surface area (Å²) in [5, 5.41) is 0. The number of ether oxygens (including phenoxy) is 1. The first kappa shape index (κ1) is 10.0. The second-order valence-corrected chi connectivity index (χ2v) is 4.82. The molecule has 1 aromatic carbocycles. The molecule has 16 heavy (non-hydrogen) atoms. The standard InChI is InChI=1S/C12H13F2NO/c1-11(8-16-11)6-15-7-12(13,14)9-4-2-3-5-10(9)15/h2-5H,6-8H2,1H3. The number of nitrogens with zero attached hydrogens (tertiary/aromatic N) is 1. The van der Waals surface area contributed by atoms with Crippen molar-refractivity contribution in [3.05, 3.63) is 29.8 Å². The molecule has 1 atom stereocenters. The van der Waals surface area contributed by atoms with Crippen molar-refractivity contribution in [2.45, 2.75) is 18.4 Å². The summed E-state index contributed by atoms with van der Waals surface area (Å²) < 4.78 is 32.7. The van der Waals surface area contributed by atoms with Crippen LogP contribution in [0.25, 0.3) is 0 Å². The first-order valence-electron chi connectivity index (χ1n) is 5.36.